The molecule has 0 aromatic carbocycles. The molecule has 0 amide bonds. The molecule has 8 heteroatoms. The quantitative estimate of drug-likeness (QED) is 0.728. The maximum Gasteiger partial charge on any atom is 0.227 e. The highest BCUT2D eigenvalue weighted by Gasteiger charge is 2.22. The number of aromatic nitrogens is 4. The van der Waals surface area contributed by atoms with Crippen LogP contribution in [-0.2, 0) is 4.74 Å². The number of nitrogens with zero attached hydrogens (tertiary/aromatic N) is 4. The highest BCUT2D eigenvalue weighted by Crippen LogP contribution is 2.34. The van der Waals surface area contributed by atoms with E-state index in [-0.39, 0.29) is 6.10 Å². The van der Waals surface area contributed by atoms with Gasteiger partial charge in [-0.1, -0.05) is 12.8 Å². The predicted molar refractivity (Wildman–Crippen MR) is 101 cm³/mol. The highest BCUT2D eigenvalue weighted by atomic mass is 16.5. The van der Waals surface area contributed by atoms with E-state index in [2.05, 4.69) is 41.8 Å². The molecular weight excluding hydrogens is 330 g/mol. The van der Waals surface area contributed by atoms with Gasteiger partial charge in [-0.2, -0.15) is 10.1 Å². The molecule has 1 aliphatic heterocycles. The van der Waals surface area contributed by atoms with Crippen molar-refractivity contribution in [3.8, 4) is 0 Å². The SMILES string of the molecule is CNC[C@H]1CN(c2nccc(Nc3cc(C4CCCC4)[nH]n3)n2)CCO1. The first-order valence-electron chi connectivity index (χ1n) is 9.48. The number of aromatic amines is 1. The maximum atomic E-state index is 5.76. The minimum atomic E-state index is 0.161. The van der Waals surface area contributed by atoms with Crippen LogP contribution >= 0.6 is 0 Å². The average molecular weight is 357 g/mol. The van der Waals surface area contributed by atoms with Crippen LogP contribution in [0.4, 0.5) is 17.6 Å². The largest absolute Gasteiger partial charge is 0.373 e. The number of hydrogen-bond donors (Lipinski definition) is 3. The van der Waals surface area contributed by atoms with Gasteiger partial charge in [0.25, 0.3) is 0 Å². The Bertz CT molecular complexity index is 711. The van der Waals surface area contributed by atoms with Crippen LogP contribution in [-0.4, -0.2) is 59.6 Å². The van der Waals surface area contributed by atoms with Gasteiger partial charge in [-0.15, -0.1) is 0 Å². The summed E-state index contributed by atoms with van der Waals surface area (Å²) < 4.78 is 5.76. The molecule has 2 fully saturated rings. The number of morpholine rings is 1. The normalized spacial score (nSPS) is 21.3. The molecule has 2 aromatic heterocycles. The van der Waals surface area contributed by atoms with Crippen LogP contribution in [0.15, 0.2) is 18.3 Å². The molecule has 0 spiro atoms. The van der Waals surface area contributed by atoms with E-state index in [1.54, 1.807) is 6.20 Å². The summed E-state index contributed by atoms with van der Waals surface area (Å²) >= 11 is 0. The molecule has 1 saturated heterocycles. The molecule has 8 nitrogen and oxygen atoms in total. The third kappa shape index (κ3) is 3.96. The minimum absolute atomic E-state index is 0.161. The lowest BCUT2D eigenvalue weighted by atomic mass is 10.0. The van der Waals surface area contributed by atoms with Crippen LogP contribution in [0.25, 0.3) is 0 Å². The molecule has 1 aliphatic carbocycles. The van der Waals surface area contributed by atoms with Crippen molar-refractivity contribution in [1.82, 2.24) is 25.5 Å². The van der Waals surface area contributed by atoms with Crippen LogP contribution in [0.1, 0.15) is 37.3 Å². The molecule has 140 valence electrons. The van der Waals surface area contributed by atoms with Crippen molar-refractivity contribution in [1.29, 1.82) is 0 Å². The van der Waals surface area contributed by atoms with E-state index in [4.69, 9.17) is 4.74 Å². The van der Waals surface area contributed by atoms with Gasteiger partial charge in [0.15, 0.2) is 5.82 Å². The molecule has 0 bridgehead atoms. The van der Waals surface area contributed by atoms with Gasteiger partial charge in [0.1, 0.15) is 5.82 Å². The Balaban J connectivity index is 1.42. The molecule has 4 rings (SSSR count). The lowest BCUT2D eigenvalue weighted by molar-refractivity contribution is 0.0416. The predicted octanol–water partition coefficient (Wildman–Crippen LogP) is 2.03. The summed E-state index contributed by atoms with van der Waals surface area (Å²) in [6, 6.07) is 3.98. The molecule has 1 saturated carbocycles. The fourth-order valence-corrected chi connectivity index (χ4v) is 3.80. The Morgan fingerprint density at radius 3 is 3.04 bits per heavy atom. The summed E-state index contributed by atoms with van der Waals surface area (Å²) in [4.78, 5) is 11.3. The molecule has 26 heavy (non-hydrogen) atoms. The number of hydrogen-bond acceptors (Lipinski definition) is 7. The first kappa shape index (κ1) is 17.2. The minimum Gasteiger partial charge on any atom is -0.373 e. The molecule has 2 aromatic rings. The first-order valence-corrected chi connectivity index (χ1v) is 9.48. The van der Waals surface area contributed by atoms with E-state index >= 15 is 0 Å². The summed E-state index contributed by atoms with van der Waals surface area (Å²) in [5.41, 5.74) is 1.22. The van der Waals surface area contributed by atoms with Crippen molar-refractivity contribution in [3.63, 3.8) is 0 Å². The van der Waals surface area contributed by atoms with Crippen LogP contribution in [0.5, 0.6) is 0 Å². The van der Waals surface area contributed by atoms with Gasteiger partial charge in [0.2, 0.25) is 5.95 Å². The molecular formula is C18H27N7O. The molecule has 3 heterocycles. The van der Waals surface area contributed by atoms with Crippen LogP contribution in [0, 0.1) is 0 Å². The van der Waals surface area contributed by atoms with Crippen molar-refractivity contribution < 1.29 is 4.74 Å². The second-order valence-electron chi connectivity index (χ2n) is 7.05. The zero-order chi connectivity index (χ0) is 17.8. The number of anilines is 3. The van der Waals surface area contributed by atoms with Gasteiger partial charge in [0.05, 0.1) is 12.7 Å². The van der Waals surface area contributed by atoms with E-state index in [9.17, 15) is 0 Å². The van der Waals surface area contributed by atoms with Crippen LogP contribution in [0.2, 0.25) is 0 Å². The Kier molecular flexibility index (Phi) is 5.31. The van der Waals surface area contributed by atoms with Crippen molar-refractivity contribution in [3.05, 3.63) is 24.0 Å². The van der Waals surface area contributed by atoms with E-state index in [1.165, 1.54) is 31.4 Å². The van der Waals surface area contributed by atoms with E-state index in [0.29, 0.717) is 12.5 Å². The summed E-state index contributed by atoms with van der Waals surface area (Å²) in [5, 5.41) is 14.0. The Morgan fingerprint density at radius 1 is 1.31 bits per heavy atom. The van der Waals surface area contributed by atoms with Gasteiger partial charge in [-0.3, -0.25) is 5.10 Å². The van der Waals surface area contributed by atoms with Crippen molar-refractivity contribution >= 4 is 17.6 Å². The third-order valence-electron chi connectivity index (χ3n) is 5.15. The topological polar surface area (TPSA) is 91.0 Å². The van der Waals surface area contributed by atoms with E-state index in [0.717, 1.165) is 37.2 Å². The summed E-state index contributed by atoms with van der Waals surface area (Å²) in [6.07, 6.45) is 7.09. The van der Waals surface area contributed by atoms with Crippen molar-refractivity contribution in [2.24, 2.45) is 0 Å². The lowest BCUT2D eigenvalue weighted by Gasteiger charge is -2.32. The summed E-state index contributed by atoms with van der Waals surface area (Å²) in [5.74, 6) is 2.92. The number of rotatable bonds is 6. The van der Waals surface area contributed by atoms with E-state index in [1.807, 2.05) is 13.1 Å². The van der Waals surface area contributed by atoms with E-state index < -0.39 is 0 Å². The van der Waals surface area contributed by atoms with Crippen LogP contribution in [0.3, 0.4) is 0 Å². The van der Waals surface area contributed by atoms with Gasteiger partial charge in [-0.25, -0.2) is 4.98 Å². The molecule has 3 N–H and O–H groups in total. The second-order valence-corrected chi connectivity index (χ2v) is 7.05. The molecule has 2 aliphatic rings. The van der Waals surface area contributed by atoms with Gasteiger partial charge >= 0.3 is 0 Å². The smallest absolute Gasteiger partial charge is 0.227 e. The third-order valence-corrected chi connectivity index (χ3v) is 5.15. The Labute approximate surface area is 153 Å². The molecule has 0 radical (unpaired) electrons. The number of nitrogens with one attached hydrogen (secondary N) is 3. The average Bonchev–Trinajstić information content (AvgIpc) is 3.34. The molecule has 0 unspecified atom stereocenters. The van der Waals surface area contributed by atoms with Crippen molar-refractivity contribution in [2.45, 2.75) is 37.7 Å². The first-order chi connectivity index (χ1) is 12.8. The molecule has 1 atom stereocenters. The van der Waals surface area contributed by atoms with Crippen LogP contribution < -0.4 is 15.5 Å². The zero-order valence-electron chi connectivity index (χ0n) is 15.2. The fourth-order valence-electron chi connectivity index (χ4n) is 3.80. The summed E-state index contributed by atoms with van der Waals surface area (Å²) in [6.45, 7) is 3.11. The van der Waals surface area contributed by atoms with Gasteiger partial charge in [0, 0.05) is 43.5 Å². The number of ether oxygens (including phenoxy) is 1. The van der Waals surface area contributed by atoms with Gasteiger partial charge < -0.3 is 20.3 Å². The fraction of sp³-hybridized carbons (Fsp3) is 0.611. The monoisotopic (exact) mass is 357 g/mol. The Morgan fingerprint density at radius 2 is 2.19 bits per heavy atom. The lowest BCUT2D eigenvalue weighted by Crippen LogP contribution is -2.46. The van der Waals surface area contributed by atoms with Crippen molar-refractivity contribution in [2.75, 3.05) is 43.5 Å². The zero-order valence-corrected chi connectivity index (χ0v) is 15.2. The second kappa shape index (κ2) is 8.01. The summed E-state index contributed by atoms with van der Waals surface area (Å²) in [7, 11) is 1.94. The Hall–Kier alpha value is -2.19. The number of likely N-dealkylation sites (N-methyl/N-ethyl adjacent to an activating group) is 1. The number of H-pyrrole nitrogens is 1. The standard InChI is InChI=1S/C18H27N7O/c1-19-11-14-12-25(8-9-26-14)18-20-7-6-16(22-18)21-17-10-15(23-24-17)13-4-2-3-5-13/h6-7,10,13-14,19H,2-5,8-9,11-12H2,1H3,(H2,20,21,22,23,24)/t14-/m0/s1. The van der Waals surface area contributed by atoms with Gasteiger partial charge in [-0.05, 0) is 26.0 Å². The highest BCUT2D eigenvalue weighted by molar-refractivity contribution is 5.53. The maximum absolute atomic E-state index is 5.76.